The third kappa shape index (κ3) is 6.54. The molecule has 0 atom stereocenters. The lowest BCUT2D eigenvalue weighted by molar-refractivity contribution is -0.183. The summed E-state index contributed by atoms with van der Waals surface area (Å²) in [6, 6.07) is 6.84. The third-order valence-corrected chi connectivity index (χ3v) is 8.76. The molecule has 6 heterocycles. The summed E-state index contributed by atoms with van der Waals surface area (Å²) in [5.41, 5.74) is 4.24. The maximum absolute atomic E-state index is 12.4. The number of benzene rings is 2. The molecule has 0 radical (unpaired) electrons. The molecule has 254 valence electrons. The Morgan fingerprint density at radius 3 is 1.72 bits per heavy atom. The topological polar surface area (TPSA) is 153 Å². The van der Waals surface area contributed by atoms with Crippen molar-refractivity contribution in [3.63, 3.8) is 0 Å². The van der Waals surface area contributed by atoms with Crippen molar-refractivity contribution in [2.24, 2.45) is 0 Å². The Bertz CT molecular complexity index is 1850. The maximum Gasteiger partial charge on any atom is 0.341 e. The number of phenolic OH excluding ortho intramolecular Hbond substituents is 2. The van der Waals surface area contributed by atoms with Gasteiger partial charge in [-0.3, -0.25) is 0 Å². The number of aromatic hydroxyl groups is 2. The van der Waals surface area contributed by atoms with E-state index in [1.165, 1.54) is 0 Å². The first-order chi connectivity index (χ1) is 21.9. The van der Waals surface area contributed by atoms with Gasteiger partial charge in [0.1, 0.15) is 11.5 Å². The van der Waals surface area contributed by atoms with Crippen LogP contribution in [0, 0.1) is 0 Å². The fraction of sp³-hybridized carbons (Fsp3) is 0.486. The molecule has 4 aliphatic heterocycles. The van der Waals surface area contributed by atoms with E-state index < -0.39 is 12.6 Å². The van der Waals surface area contributed by atoms with Gasteiger partial charge in [-0.05, 0) is 74.7 Å². The molecule has 0 aliphatic carbocycles. The van der Waals surface area contributed by atoms with Crippen LogP contribution in [-0.4, -0.2) is 61.7 Å². The molecule has 8 rings (SSSR count). The van der Waals surface area contributed by atoms with Crippen LogP contribution in [0.4, 0.5) is 0 Å². The molecule has 4 aromatic rings. The van der Waals surface area contributed by atoms with Gasteiger partial charge in [0.2, 0.25) is 0 Å². The quantitative estimate of drug-likeness (QED) is 0.256. The molecule has 2 aromatic carbocycles. The summed E-state index contributed by atoms with van der Waals surface area (Å²) >= 11 is 0. The van der Waals surface area contributed by atoms with E-state index in [4.69, 9.17) is 27.8 Å². The summed E-state index contributed by atoms with van der Waals surface area (Å²) < 4.78 is 33.4. The molecule has 0 spiro atoms. The normalized spacial score (nSPS) is 18.7. The molecule has 0 saturated carbocycles. The fourth-order valence-corrected chi connectivity index (χ4v) is 6.51. The minimum atomic E-state index is -0.695. The molecule has 12 heteroatoms. The molecule has 0 unspecified atom stereocenters. The third-order valence-electron chi connectivity index (χ3n) is 8.76. The van der Waals surface area contributed by atoms with Crippen molar-refractivity contribution < 1.29 is 38.0 Å². The summed E-state index contributed by atoms with van der Waals surface area (Å²) in [6.07, 6.45) is 1.78. The average molecular weight is 653 g/mol. The Labute approximate surface area is 272 Å². The van der Waals surface area contributed by atoms with Gasteiger partial charge in [-0.25, -0.2) is 9.59 Å². The van der Waals surface area contributed by atoms with Crippen molar-refractivity contribution in [1.29, 1.82) is 0 Å². The molecule has 12 nitrogen and oxygen atoms in total. The SMILES string of the molecule is C.C.CN1CCc2c(c(=O)oc3c(C4OCCCO4)c(O)ccc23)C1.O=c1oc2c(C3OCCCO3)c(O)ccc2c2c1CNCC2. The Hall–Kier alpha value is -3.78. The van der Waals surface area contributed by atoms with Crippen molar-refractivity contribution in [3.8, 4) is 11.5 Å². The minimum Gasteiger partial charge on any atom is -0.507 e. The lowest BCUT2D eigenvalue weighted by atomic mass is 9.96. The molecule has 2 saturated heterocycles. The first-order valence-electron chi connectivity index (χ1n) is 15.4. The average Bonchev–Trinajstić information content (AvgIpc) is 3.06. The van der Waals surface area contributed by atoms with Gasteiger partial charge in [0, 0.05) is 30.4 Å². The Kier molecular flexibility index (Phi) is 10.7. The number of rotatable bonds is 2. The van der Waals surface area contributed by atoms with Crippen molar-refractivity contribution >= 4 is 21.9 Å². The number of fused-ring (bicyclic) bond motifs is 6. The van der Waals surface area contributed by atoms with Crippen molar-refractivity contribution in [1.82, 2.24) is 10.2 Å². The van der Waals surface area contributed by atoms with Crippen molar-refractivity contribution in [2.45, 2.75) is 66.2 Å². The summed E-state index contributed by atoms with van der Waals surface area (Å²) in [5, 5.41) is 25.4. The van der Waals surface area contributed by atoms with Crippen LogP contribution in [0.5, 0.6) is 11.5 Å². The number of nitrogens with one attached hydrogen (secondary N) is 1. The number of hydrogen-bond acceptors (Lipinski definition) is 12. The van der Waals surface area contributed by atoms with Crippen molar-refractivity contribution in [2.75, 3.05) is 46.6 Å². The summed E-state index contributed by atoms with van der Waals surface area (Å²) in [6.45, 7) is 5.02. The second kappa shape index (κ2) is 14.5. The Morgan fingerprint density at radius 2 is 1.19 bits per heavy atom. The highest BCUT2D eigenvalue weighted by atomic mass is 16.7. The fourth-order valence-electron chi connectivity index (χ4n) is 6.51. The van der Waals surface area contributed by atoms with Crippen LogP contribution < -0.4 is 16.6 Å². The highest BCUT2D eigenvalue weighted by molar-refractivity contribution is 5.87. The number of ether oxygens (including phenoxy) is 4. The minimum absolute atomic E-state index is 0. The maximum atomic E-state index is 12.4. The Morgan fingerprint density at radius 1 is 0.702 bits per heavy atom. The van der Waals surface area contributed by atoms with Crippen molar-refractivity contribution in [3.05, 3.63) is 78.5 Å². The highest BCUT2D eigenvalue weighted by Gasteiger charge is 2.29. The molecular weight excluding hydrogens is 608 g/mol. The zero-order chi connectivity index (χ0) is 31.1. The zero-order valence-corrected chi connectivity index (χ0v) is 25.1. The van der Waals surface area contributed by atoms with Gasteiger partial charge in [0.25, 0.3) is 0 Å². The zero-order valence-electron chi connectivity index (χ0n) is 25.1. The van der Waals surface area contributed by atoms with E-state index in [0.29, 0.717) is 72.9 Å². The van der Waals surface area contributed by atoms with E-state index in [0.717, 1.165) is 60.7 Å². The first-order valence-corrected chi connectivity index (χ1v) is 15.4. The van der Waals surface area contributed by atoms with Crippen LogP contribution in [0.2, 0.25) is 0 Å². The van der Waals surface area contributed by atoms with Crippen LogP contribution >= 0.6 is 0 Å². The largest absolute Gasteiger partial charge is 0.507 e. The summed E-state index contributed by atoms with van der Waals surface area (Å²) in [4.78, 5) is 26.8. The Balaban J connectivity index is 0.000000177. The van der Waals surface area contributed by atoms with E-state index >= 15 is 0 Å². The predicted molar refractivity (Wildman–Crippen MR) is 176 cm³/mol. The van der Waals surface area contributed by atoms with Crippen LogP contribution in [-0.2, 0) is 44.9 Å². The summed E-state index contributed by atoms with van der Waals surface area (Å²) in [5.74, 6) is 0.0526. The van der Waals surface area contributed by atoms with Crippen LogP contribution in [0.15, 0.2) is 42.7 Å². The van der Waals surface area contributed by atoms with Gasteiger partial charge in [-0.1, -0.05) is 14.9 Å². The standard InChI is InChI=1S/C17H19NO5.C16H17NO5.2CH4/c1-18-6-5-10-11-3-4-13(19)14(17-21-7-2-8-22-17)15(11)23-16(20)12(10)9-18;18-12-3-2-10-9-4-5-17-8-11(9)15(19)22-14(10)13(12)16-20-6-1-7-21-16;;/h3-4,17,19H,2,5-9H2,1H3;2-3,16-18H,1,4-8H2;2*1H4. The lowest BCUT2D eigenvalue weighted by Crippen LogP contribution is -2.31. The molecule has 0 bridgehead atoms. The van der Waals surface area contributed by atoms with E-state index in [-0.39, 0.29) is 37.6 Å². The molecular formula is C35H44N2O10. The first kappa shape index (κ1) is 34.6. The van der Waals surface area contributed by atoms with Gasteiger partial charge in [0.15, 0.2) is 23.7 Å². The second-order valence-corrected chi connectivity index (χ2v) is 11.7. The van der Waals surface area contributed by atoms with E-state index in [9.17, 15) is 19.8 Å². The van der Waals surface area contributed by atoms with E-state index in [1.54, 1.807) is 18.2 Å². The van der Waals surface area contributed by atoms with Gasteiger partial charge in [-0.15, -0.1) is 0 Å². The van der Waals surface area contributed by atoms with Gasteiger partial charge >= 0.3 is 11.3 Å². The number of phenols is 2. The van der Waals surface area contributed by atoms with E-state index in [2.05, 4.69) is 10.2 Å². The van der Waals surface area contributed by atoms with E-state index in [1.807, 2.05) is 13.1 Å². The van der Waals surface area contributed by atoms with Crippen LogP contribution in [0.1, 0.15) is 73.7 Å². The van der Waals surface area contributed by atoms with Crippen LogP contribution in [0.25, 0.3) is 21.9 Å². The molecule has 4 aliphatic rings. The number of likely N-dealkylation sites (N-methyl/N-ethyl adjacent to an activating group) is 1. The monoisotopic (exact) mass is 652 g/mol. The van der Waals surface area contributed by atoms with Gasteiger partial charge < -0.3 is 48.2 Å². The smallest absolute Gasteiger partial charge is 0.341 e. The molecule has 0 amide bonds. The number of hydrogen-bond donors (Lipinski definition) is 3. The molecule has 47 heavy (non-hydrogen) atoms. The summed E-state index contributed by atoms with van der Waals surface area (Å²) in [7, 11) is 1.98. The predicted octanol–water partition coefficient (Wildman–Crippen LogP) is 4.77. The van der Waals surface area contributed by atoms with Crippen LogP contribution in [0.3, 0.4) is 0 Å². The lowest BCUT2D eigenvalue weighted by Gasteiger charge is -2.27. The molecule has 3 N–H and O–H groups in total. The highest BCUT2D eigenvalue weighted by Crippen LogP contribution is 2.39. The van der Waals surface area contributed by atoms with Gasteiger partial charge in [0.05, 0.1) is 48.7 Å². The second-order valence-electron chi connectivity index (χ2n) is 11.7. The molecule has 2 fully saturated rings. The number of nitrogens with zero attached hydrogens (tertiary/aromatic N) is 1. The van der Waals surface area contributed by atoms with Gasteiger partial charge in [-0.2, -0.15) is 0 Å². The molecule has 2 aromatic heterocycles.